The van der Waals surface area contributed by atoms with Gasteiger partial charge in [0, 0.05) is 24.9 Å². The third kappa shape index (κ3) is 2.31. The number of aromatic nitrogens is 3. The summed E-state index contributed by atoms with van der Waals surface area (Å²) < 4.78 is 7.09. The van der Waals surface area contributed by atoms with E-state index in [1.54, 1.807) is 18.0 Å². The Hall–Kier alpha value is -1.88. The predicted molar refractivity (Wildman–Crippen MR) is 79.4 cm³/mol. The maximum absolute atomic E-state index is 10.9. The van der Waals surface area contributed by atoms with Crippen LogP contribution in [0.5, 0.6) is 5.88 Å². The summed E-state index contributed by atoms with van der Waals surface area (Å²) in [6.07, 6.45) is 4.21. The molecule has 2 unspecified atom stereocenters. The van der Waals surface area contributed by atoms with E-state index in [9.17, 15) is 5.11 Å². The average molecular weight is 287 g/mol. The molecule has 5 heteroatoms. The summed E-state index contributed by atoms with van der Waals surface area (Å²) >= 11 is 0. The molecular formula is C16H21N3O2. The zero-order chi connectivity index (χ0) is 15.0. The number of rotatable bonds is 3. The van der Waals surface area contributed by atoms with Gasteiger partial charge in [0.05, 0.1) is 24.5 Å². The van der Waals surface area contributed by atoms with Crippen molar-refractivity contribution in [2.45, 2.75) is 38.2 Å². The predicted octanol–water partition coefficient (Wildman–Crippen LogP) is 2.29. The van der Waals surface area contributed by atoms with E-state index in [2.05, 4.69) is 16.1 Å². The monoisotopic (exact) mass is 287 g/mol. The molecule has 0 spiro atoms. The van der Waals surface area contributed by atoms with E-state index in [1.165, 1.54) is 5.56 Å². The van der Waals surface area contributed by atoms with Crippen molar-refractivity contribution >= 4 is 0 Å². The van der Waals surface area contributed by atoms with Gasteiger partial charge in [-0.1, -0.05) is 6.07 Å². The Bertz CT molecular complexity index is 651. The molecule has 1 N–H and O–H groups in total. The zero-order valence-electron chi connectivity index (χ0n) is 12.7. The normalized spacial score (nSPS) is 19.1. The van der Waals surface area contributed by atoms with Crippen molar-refractivity contribution < 1.29 is 9.84 Å². The van der Waals surface area contributed by atoms with Crippen molar-refractivity contribution in [3.8, 4) is 5.88 Å². The highest BCUT2D eigenvalue weighted by atomic mass is 16.5. The molecule has 112 valence electrons. The Morgan fingerprint density at radius 3 is 3.05 bits per heavy atom. The first-order chi connectivity index (χ1) is 10.1. The Morgan fingerprint density at radius 1 is 1.48 bits per heavy atom. The van der Waals surface area contributed by atoms with E-state index in [0.29, 0.717) is 5.88 Å². The van der Waals surface area contributed by atoms with Crippen LogP contribution >= 0.6 is 0 Å². The fourth-order valence-electron chi connectivity index (χ4n) is 3.39. The maximum atomic E-state index is 10.9. The van der Waals surface area contributed by atoms with Crippen molar-refractivity contribution in [3.05, 3.63) is 40.8 Å². The molecule has 5 nitrogen and oxygen atoms in total. The molecule has 0 bridgehead atoms. The third-order valence-corrected chi connectivity index (χ3v) is 4.32. The number of ether oxygens (including phenoxy) is 1. The van der Waals surface area contributed by atoms with Crippen LogP contribution in [0.3, 0.4) is 0 Å². The Morgan fingerprint density at radius 2 is 2.29 bits per heavy atom. The van der Waals surface area contributed by atoms with Crippen LogP contribution < -0.4 is 4.74 Å². The standard InChI is InChI=1S/C16H21N3O2/c1-10-13(16(21-3)19(2)18-10)15(20)12-8-4-6-11-7-5-9-17-14(11)12/h5,7,9,12,15,20H,4,6,8H2,1-3H3. The number of hydrogen-bond donors (Lipinski definition) is 1. The van der Waals surface area contributed by atoms with E-state index in [1.807, 2.05) is 20.0 Å². The van der Waals surface area contributed by atoms with Gasteiger partial charge >= 0.3 is 0 Å². The highest BCUT2D eigenvalue weighted by Crippen LogP contribution is 2.42. The van der Waals surface area contributed by atoms with Crippen LogP contribution in [0.4, 0.5) is 0 Å². The molecular weight excluding hydrogens is 266 g/mol. The molecule has 0 saturated heterocycles. The van der Waals surface area contributed by atoms with Gasteiger partial charge in [-0.3, -0.25) is 4.98 Å². The summed E-state index contributed by atoms with van der Waals surface area (Å²) in [6, 6.07) is 4.07. The molecule has 2 heterocycles. The van der Waals surface area contributed by atoms with Gasteiger partial charge in [0.25, 0.3) is 0 Å². The third-order valence-electron chi connectivity index (χ3n) is 4.32. The number of pyridine rings is 1. The van der Waals surface area contributed by atoms with Gasteiger partial charge in [-0.05, 0) is 37.8 Å². The van der Waals surface area contributed by atoms with Crippen LogP contribution in [0.15, 0.2) is 18.3 Å². The summed E-state index contributed by atoms with van der Waals surface area (Å²) in [7, 11) is 3.44. The minimum atomic E-state index is -0.636. The second-order valence-corrected chi connectivity index (χ2v) is 5.62. The van der Waals surface area contributed by atoms with Crippen LogP contribution in [0, 0.1) is 6.92 Å². The van der Waals surface area contributed by atoms with E-state index in [-0.39, 0.29) is 5.92 Å². The molecule has 1 aliphatic carbocycles. The van der Waals surface area contributed by atoms with Gasteiger partial charge < -0.3 is 9.84 Å². The van der Waals surface area contributed by atoms with Gasteiger partial charge in [-0.15, -0.1) is 0 Å². The molecule has 3 rings (SSSR count). The highest BCUT2D eigenvalue weighted by Gasteiger charge is 2.33. The van der Waals surface area contributed by atoms with Crippen LogP contribution in [0.2, 0.25) is 0 Å². The number of nitrogens with zero attached hydrogens (tertiary/aromatic N) is 3. The zero-order valence-corrected chi connectivity index (χ0v) is 12.7. The molecule has 1 aliphatic rings. The largest absolute Gasteiger partial charge is 0.481 e. The van der Waals surface area contributed by atoms with Gasteiger partial charge in [-0.2, -0.15) is 5.10 Å². The minimum Gasteiger partial charge on any atom is -0.481 e. The number of aliphatic hydroxyl groups excluding tert-OH is 1. The Labute approximate surface area is 124 Å². The smallest absolute Gasteiger partial charge is 0.217 e. The molecule has 2 atom stereocenters. The van der Waals surface area contributed by atoms with Gasteiger partial charge in [0.15, 0.2) is 0 Å². The van der Waals surface area contributed by atoms with E-state index >= 15 is 0 Å². The van der Waals surface area contributed by atoms with Gasteiger partial charge in [-0.25, -0.2) is 4.68 Å². The lowest BCUT2D eigenvalue weighted by atomic mass is 9.81. The summed E-state index contributed by atoms with van der Waals surface area (Å²) in [5.41, 5.74) is 3.85. The summed E-state index contributed by atoms with van der Waals surface area (Å²) in [6.45, 7) is 1.91. The van der Waals surface area contributed by atoms with Crippen LogP contribution in [0.25, 0.3) is 0 Å². The minimum absolute atomic E-state index is 0.00625. The van der Waals surface area contributed by atoms with Gasteiger partial charge in [0.1, 0.15) is 0 Å². The Kier molecular flexibility index (Phi) is 3.68. The molecule has 21 heavy (non-hydrogen) atoms. The molecule has 0 fully saturated rings. The quantitative estimate of drug-likeness (QED) is 0.941. The van der Waals surface area contributed by atoms with Crippen LogP contribution in [0.1, 0.15) is 47.4 Å². The number of aliphatic hydroxyl groups is 1. The summed E-state index contributed by atoms with van der Waals surface area (Å²) in [5, 5.41) is 15.3. The lowest BCUT2D eigenvalue weighted by Gasteiger charge is -2.28. The van der Waals surface area contributed by atoms with E-state index < -0.39 is 6.10 Å². The van der Waals surface area contributed by atoms with Crippen LogP contribution in [-0.4, -0.2) is 27.0 Å². The van der Waals surface area contributed by atoms with Crippen molar-refractivity contribution in [2.24, 2.45) is 7.05 Å². The summed E-state index contributed by atoms with van der Waals surface area (Å²) in [5.74, 6) is 0.634. The first kappa shape index (κ1) is 14.1. The van der Waals surface area contributed by atoms with Crippen molar-refractivity contribution in [2.75, 3.05) is 7.11 Å². The fraction of sp³-hybridized carbons (Fsp3) is 0.500. The second-order valence-electron chi connectivity index (χ2n) is 5.62. The topological polar surface area (TPSA) is 60.2 Å². The van der Waals surface area contributed by atoms with E-state index in [4.69, 9.17) is 4.74 Å². The first-order valence-electron chi connectivity index (χ1n) is 7.32. The SMILES string of the molecule is COc1c(C(O)C2CCCc3cccnc32)c(C)nn1C. The highest BCUT2D eigenvalue weighted by molar-refractivity contribution is 5.37. The van der Waals surface area contributed by atoms with E-state index in [0.717, 1.165) is 36.2 Å². The number of methoxy groups -OCH3 is 1. The van der Waals surface area contributed by atoms with Gasteiger partial charge in [0.2, 0.25) is 5.88 Å². The second kappa shape index (κ2) is 5.48. The molecule has 0 saturated carbocycles. The molecule has 0 aromatic carbocycles. The molecule has 2 aromatic heterocycles. The van der Waals surface area contributed by atoms with Crippen molar-refractivity contribution in [1.82, 2.24) is 14.8 Å². The fourth-order valence-corrected chi connectivity index (χ4v) is 3.39. The molecule has 0 amide bonds. The van der Waals surface area contributed by atoms with Crippen LogP contribution in [-0.2, 0) is 13.5 Å². The number of aryl methyl sites for hydroxylation is 3. The Balaban J connectivity index is 2.02. The van der Waals surface area contributed by atoms with Crippen molar-refractivity contribution in [1.29, 1.82) is 0 Å². The maximum Gasteiger partial charge on any atom is 0.217 e. The molecule has 0 aliphatic heterocycles. The number of hydrogen-bond acceptors (Lipinski definition) is 4. The average Bonchev–Trinajstić information content (AvgIpc) is 2.79. The molecule has 0 radical (unpaired) electrons. The summed E-state index contributed by atoms with van der Waals surface area (Å²) in [4.78, 5) is 4.51. The lowest BCUT2D eigenvalue weighted by molar-refractivity contribution is 0.129. The van der Waals surface area contributed by atoms with Crippen molar-refractivity contribution in [3.63, 3.8) is 0 Å². The lowest BCUT2D eigenvalue weighted by Crippen LogP contribution is -2.19. The molecule has 2 aromatic rings. The number of fused-ring (bicyclic) bond motifs is 1. The first-order valence-corrected chi connectivity index (χ1v) is 7.32.